The number of carbonyl (C=O) groups is 2. The average molecular weight is 426 g/mol. The van der Waals surface area contributed by atoms with Gasteiger partial charge in [-0.3, -0.25) is 9.59 Å². The summed E-state index contributed by atoms with van der Waals surface area (Å²) in [6.45, 7) is 2.42. The summed E-state index contributed by atoms with van der Waals surface area (Å²) < 4.78 is 28.4. The molecule has 0 unspecified atom stereocenters. The van der Waals surface area contributed by atoms with Crippen LogP contribution in [0.1, 0.15) is 44.9 Å². The van der Waals surface area contributed by atoms with Gasteiger partial charge < -0.3 is 14.8 Å². The van der Waals surface area contributed by atoms with Gasteiger partial charge in [0, 0.05) is 58.3 Å². The van der Waals surface area contributed by atoms with Gasteiger partial charge in [0.05, 0.1) is 6.33 Å². The van der Waals surface area contributed by atoms with Gasteiger partial charge in [-0.1, -0.05) is 12.8 Å². The number of piperidine rings is 1. The fourth-order valence-electron chi connectivity index (χ4n) is 3.92. The lowest BCUT2D eigenvalue weighted by Crippen LogP contribution is -2.45. The summed E-state index contributed by atoms with van der Waals surface area (Å²) in [5.74, 6) is -0.161. The van der Waals surface area contributed by atoms with Gasteiger partial charge in [-0.2, -0.15) is 4.31 Å². The third-order valence-electron chi connectivity index (χ3n) is 5.69. The SMILES string of the molecule is Cn1cnc(S(=O)(=O)N2CCC(C(=O)N3CCCCCCNC(=O)CC3)CC2)c1. The van der Waals surface area contributed by atoms with E-state index in [0.717, 1.165) is 25.7 Å². The van der Waals surface area contributed by atoms with E-state index in [0.29, 0.717) is 52.0 Å². The molecular weight excluding hydrogens is 394 g/mol. The number of carbonyl (C=O) groups excluding carboxylic acids is 2. The fourth-order valence-corrected chi connectivity index (χ4v) is 5.36. The zero-order valence-corrected chi connectivity index (χ0v) is 17.9. The molecule has 1 aromatic rings. The highest BCUT2D eigenvalue weighted by molar-refractivity contribution is 7.89. The first kappa shape index (κ1) is 21.8. The molecule has 2 saturated heterocycles. The van der Waals surface area contributed by atoms with Gasteiger partial charge in [-0.25, -0.2) is 13.4 Å². The van der Waals surface area contributed by atoms with Crippen molar-refractivity contribution in [2.45, 2.75) is 50.0 Å². The lowest BCUT2D eigenvalue weighted by molar-refractivity contribution is -0.137. The molecule has 1 aromatic heterocycles. The van der Waals surface area contributed by atoms with Gasteiger partial charge in [-0.05, 0) is 25.7 Å². The third-order valence-corrected chi connectivity index (χ3v) is 7.47. The monoisotopic (exact) mass is 425 g/mol. The van der Waals surface area contributed by atoms with E-state index in [-0.39, 0.29) is 22.8 Å². The Kier molecular flexibility index (Phi) is 7.28. The zero-order valence-electron chi connectivity index (χ0n) is 17.0. The number of hydrogen-bond donors (Lipinski definition) is 1. The normalized spacial score (nSPS) is 21.4. The van der Waals surface area contributed by atoms with Crippen molar-refractivity contribution in [3.63, 3.8) is 0 Å². The molecule has 1 N–H and O–H groups in total. The first-order chi connectivity index (χ1) is 13.9. The summed E-state index contributed by atoms with van der Waals surface area (Å²) in [5, 5.41) is 2.95. The summed E-state index contributed by atoms with van der Waals surface area (Å²) >= 11 is 0. The second kappa shape index (κ2) is 9.71. The van der Waals surface area contributed by atoms with Gasteiger partial charge in [0.25, 0.3) is 10.0 Å². The number of amides is 2. The summed E-state index contributed by atoms with van der Waals surface area (Å²) in [5.41, 5.74) is 0. The Balaban J connectivity index is 1.58. The molecule has 162 valence electrons. The summed E-state index contributed by atoms with van der Waals surface area (Å²) in [4.78, 5) is 30.7. The van der Waals surface area contributed by atoms with Crippen molar-refractivity contribution in [3.05, 3.63) is 12.5 Å². The van der Waals surface area contributed by atoms with Crippen molar-refractivity contribution in [2.75, 3.05) is 32.7 Å². The molecule has 3 rings (SSSR count). The maximum absolute atomic E-state index is 13.0. The van der Waals surface area contributed by atoms with Crippen LogP contribution in [0.3, 0.4) is 0 Å². The number of imidazole rings is 1. The molecule has 0 bridgehead atoms. The Labute approximate surface area is 172 Å². The average Bonchev–Trinajstić information content (AvgIpc) is 3.14. The van der Waals surface area contributed by atoms with E-state index in [1.165, 1.54) is 16.8 Å². The molecule has 0 atom stereocenters. The Hall–Kier alpha value is -1.94. The molecule has 0 spiro atoms. The van der Waals surface area contributed by atoms with Crippen molar-refractivity contribution in [2.24, 2.45) is 13.0 Å². The summed E-state index contributed by atoms with van der Waals surface area (Å²) in [7, 11) is -1.89. The van der Waals surface area contributed by atoms with Crippen LogP contribution in [0.15, 0.2) is 17.6 Å². The van der Waals surface area contributed by atoms with Crippen LogP contribution in [0.25, 0.3) is 0 Å². The largest absolute Gasteiger partial charge is 0.356 e. The number of aryl methyl sites for hydroxylation is 1. The van der Waals surface area contributed by atoms with Crippen LogP contribution in [0.4, 0.5) is 0 Å². The van der Waals surface area contributed by atoms with Gasteiger partial charge in [0.15, 0.2) is 5.03 Å². The van der Waals surface area contributed by atoms with E-state index in [1.807, 2.05) is 0 Å². The maximum atomic E-state index is 13.0. The maximum Gasteiger partial charge on any atom is 0.262 e. The number of hydrogen-bond acceptors (Lipinski definition) is 5. The Morgan fingerprint density at radius 2 is 1.83 bits per heavy atom. The van der Waals surface area contributed by atoms with Crippen molar-refractivity contribution in [1.29, 1.82) is 0 Å². The van der Waals surface area contributed by atoms with Crippen molar-refractivity contribution in [3.8, 4) is 0 Å². The van der Waals surface area contributed by atoms with Gasteiger partial charge >= 0.3 is 0 Å². The van der Waals surface area contributed by atoms with E-state index >= 15 is 0 Å². The molecule has 2 fully saturated rings. The molecule has 3 heterocycles. The molecular formula is C19H31N5O4S. The zero-order chi connectivity index (χ0) is 20.9. The van der Waals surface area contributed by atoms with Crippen LogP contribution < -0.4 is 5.32 Å². The lowest BCUT2D eigenvalue weighted by Gasteiger charge is -2.33. The van der Waals surface area contributed by atoms with Gasteiger partial charge in [0.1, 0.15) is 0 Å². The second-order valence-electron chi connectivity index (χ2n) is 7.90. The minimum atomic E-state index is -3.62. The van der Waals surface area contributed by atoms with Crippen LogP contribution in [0.2, 0.25) is 0 Å². The quantitative estimate of drug-likeness (QED) is 0.769. The molecule has 0 aliphatic carbocycles. The molecule has 10 heteroatoms. The molecule has 0 saturated carbocycles. The predicted octanol–water partition coefficient (Wildman–Crippen LogP) is 0.730. The number of nitrogens with one attached hydrogen (secondary N) is 1. The van der Waals surface area contributed by atoms with Crippen LogP contribution in [-0.4, -0.2) is 71.7 Å². The number of sulfonamides is 1. The summed E-state index contributed by atoms with van der Waals surface area (Å²) in [6, 6.07) is 0. The predicted molar refractivity (Wildman–Crippen MR) is 107 cm³/mol. The number of aromatic nitrogens is 2. The first-order valence-corrected chi connectivity index (χ1v) is 11.9. The van der Waals surface area contributed by atoms with E-state index in [2.05, 4.69) is 10.3 Å². The second-order valence-corrected chi connectivity index (χ2v) is 9.78. The minimum Gasteiger partial charge on any atom is -0.356 e. The fraction of sp³-hybridized carbons (Fsp3) is 0.737. The Morgan fingerprint density at radius 3 is 2.52 bits per heavy atom. The third kappa shape index (κ3) is 5.57. The summed E-state index contributed by atoms with van der Waals surface area (Å²) in [6.07, 6.45) is 8.27. The molecule has 2 amide bonds. The van der Waals surface area contributed by atoms with E-state index in [4.69, 9.17) is 0 Å². The molecule has 0 radical (unpaired) electrons. The highest BCUT2D eigenvalue weighted by Gasteiger charge is 2.34. The molecule has 2 aliphatic rings. The van der Waals surface area contributed by atoms with Crippen LogP contribution in [-0.2, 0) is 26.7 Å². The highest BCUT2D eigenvalue weighted by atomic mass is 32.2. The molecule has 9 nitrogen and oxygen atoms in total. The Bertz CT molecular complexity index is 814. The standard InChI is InChI=1S/C19H31N5O4S/c1-22-14-18(21-15-22)29(27,28)24-12-6-16(7-13-24)19(26)23-10-5-3-2-4-9-20-17(25)8-11-23/h14-16H,2-13H2,1H3,(H,20,25). The van der Waals surface area contributed by atoms with Crippen LogP contribution >= 0.6 is 0 Å². The minimum absolute atomic E-state index is 0.0130. The van der Waals surface area contributed by atoms with E-state index < -0.39 is 10.0 Å². The number of rotatable bonds is 3. The Morgan fingerprint density at radius 1 is 1.10 bits per heavy atom. The number of nitrogens with zero attached hydrogens (tertiary/aromatic N) is 4. The topological polar surface area (TPSA) is 105 Å². The highest BCUT2D eigenvalue weighted by Crippen LogP contribution is 2.25. The molecule has 0 aromatic carbocycles. The smallest absolute Gasteiger partial charge is 0.262 e. The lowest BCUT2D eigenvalue weighted by atomic mass is 9.96. The van der Waals surface area contributed by atoms with Crippen molar-refractivity contribution >= 4 is 21.8 Å². The molecule has 2 aliphatic heterocycles. The van der Waals surface area contributed by atoms with E-state index in [9.17, 15) is 18.0 Å². The van der Waals surface area contributed by atoms with E-state index in [1.54, 1.807) is 16.5 Å². The van der Waals surface area contributed by atoms with Crippen LogP contribution in [0, 0.1) is 5.92 Å². The first-order valence-electron chi connectivity index (χ1n) is 10.4. The molecule has 29 heavy (non-hydrogen) atoms. The van der Waals surface area contributed by atoms with Crippen molar-refractivity contribution < 1.29 is 18.0 Å². The van der Waals surface area contributed by atoms with Gasteiger partial charge in [0.2, 0.25) is 11.8 Å². The van der Waals surface area contributed by atoms with Crippen molar-refractivity contribution in [1.82, 2.24) is 24.1 Å². The van der Waals surface area contributed by atoms with Gasteiger partial charge in [-0.15, -0.1) is 0 Å². The van der Waals surface area contributed by atoms with Crippen LogP contribution in [0.5, 0.6) is 0 Å².